The summed E-state index contributed by atoms with van der Waals surface area (Å²) in [7, 11) is 0. The van der Waals surface area contributed by atoms with E-state index in [-0.39, 0.29) is 0 Å². The van der Waals surface area contributed by atoms with E-state index in [9.17, 15) is 4.79 Å². The van der Waals surface area contributed by atoms with Gasteiger partial charge in [0.2, 0.25) is 5.91 Å². The molecule has 1 amide bonds. The monoisotopic (exact) mass is 301 g/mol. The number of amides is 1. The van der Waals surface area contributed by atoms with Crippen LogP contribution < -0.4 is 0 Å². The first kappa shape index (κ1) is 13.4. The van der Waals surface area contributed by atoms with E-state index in [2.05, 4.69) is 20.8 Å². The molecular formula is C14H24BrNO. The number of nitrogens with zero attached hydrogens (tertiary/aromatic N) is 1. The molecule has 2 nitrogen and oxygen atoms in total. The molecule has 1 unspecified atom stereocenters. The Morgan fingerprint density at radius 2 is 1.76 bits per heavy atom. The molecule has 1 saturated heterocycles. The van der Waals surface area contributed by atoms with Crippen molar-refractivity contribution in [3.05, 3.63) is 0 Å². The second kappa shape index (κ2) is 6.77. The minimum absolute atomic E-state index is 0.416. The van der Waals surface area contributed by atoms with E-state index in [0.717, 1.165) is 18.3 Å². The van der Waals surface area contributed by atoms with Crippen molar-refractivity contribution in [2.75, 3.05) is 11.9 Å². The first-order valence-electron chi connectivity index (χ1n) is 7.16. The van der Waals surface area contributed by atoms with E-state index in [1.54, 1.807) is 0 Å². The molecule has 2 fully saturated rings. The van der Waals surface area contributed by atoms with Gasteiger partial charge in [-0.05, 0) is 31.6 Å². The van der Waals surface area contributed by atoms with Crippen LogP contribution >= 0.6 is 15.9 Å². The summed E-state index contributed by atoms with van der Waals surface area (Å²) in [6.07, 6.45) is 11.1. The Hall–Kier alpha value is -0.0500. The quantitative estimate of drug-likeness (QED) is 0.574. The standard InChI is InChI=1S/C14H24BrNO/c15-11-13-8-5-9-16(13)14(17)10-12-6-3-1-2-4-7-12/h12-13H,1-11H2. The van der Waals surface area contributed by atoms with Crippen LogP contribution in [-0.4, -0.2) is 28.7 Å². The smallest absolute Gasteiger partial charge is 0.223 e. The van der Waals surface area contributed by atoms with Crippen LogP contribution in [0.3, 0.4) is 0 Å². The van der Waals surface area contributed by atoms with Crippen molar-refractivity contribution in [2.45, 2.75) is 63.8 Å². The van der Waals surface area contributed by atoms with Crippen LogP contribution in [0.4, 0.5) is 0 Å². The molecule has 1 atom stereocenters. The second-order valence-electron chi connectivity index (χ2n) is 5.60. The molecule has 0 spiro atoms. The number of hydrogen-bond donors (Lipinski definition) is 0. The third-order valence-electron chi connectivity index (χ3n) is 4.31. The average molecular weight is 302 g/mol. The number of halogens is 1. The summed E-state index contributed by atoms with van der Waals surface area (Å²) in [4.78, 5) is 14.4. The fraction of sp³-hybridized carbons (Fsp3) is 0.929. The van der Waals surface area contributed by atoms with E-state index in [1.807, 2.05) is 0 Å². The second-order valence-corrected chi connectivity index (χ2v) is 6.25. The van der Waals surface area contributed by atoms with Gasteiger partial charge in [0.1, 0.15) is 0 Å². The van der Waals surface area contributed by atoms with Crippen molar-refractivity contribution >= 4 is 21.8 Å². The highest BCUT2D eigenvalue weighted by Crippen LogP contribution is 2.28. The van der Waals surface area contributed by atoms with Crippen molar-refractivity contribution < 1.29 is 4.79 Å². The number of likely N-dealkylation sites (tertiary alicyclic amines) is 1. The summed E-state index contributed by atoms with van der Waals surface area (Å²) in [5.74, 6) is 1.08. The van der Waals surface area contributed by atoms with Gasteiger partial charge in [0.05, 0.1) is 0 Å². The zero-order chi connectivity index (χ0) is 12.1. The Labute approximate surface area is 113 Å². The summed E-state index contributed by atoms with van der Waals surface area (Å²) in [6.45, 7) is 0.988. The molecular weight excluding hydrogens is 278 g/mol. The van der Waals surface area contributed by atoms with E-state index in [1.165, 1.54) is 51.4 Å². The van der Waals surface area contributed by atoms with Gasteiger partial charge in [-0.3, -0.25) is 4.79 Å². The Morgan fingerprint density at radius 3 is 2.41 bits per heavy atom. The minimum atomic E-state index is 0.416. The SMILES string of the molecule is O=C(CC1CCCCCC1)N1CCCC1CBr. The predicted octanol–water partition coefficient (Wildman–Crippen LogP) is 3.73. The lowest BCUT2D eigenvalue weighted by molar-refractivity contribution is -0.132. The first-order chi connectivity index (χ1) is 8.31. The number of hydrogen-bond acceptors (Lipinski definition) is 1. The fourth-order valence-corrected chi connectivity index (χ4v) is 3.93. The molecule has 0 N–H and O–H groups in total. The van der Waals surface area contributed by atoms with Crippen molar-refractivity contribution in [3.8, 4) is 0 Å². The molecule has 1 aliphatic heterocycles. The van der Waals surface area contributed by atoms with Crippen molar-refractivity contribution in [2.24, 2.45) is 5.92 Å². The third-order valence-corrected chi connectivity index (χ3v) is 5.06. The molecule has 2 aliphatic rings. The summed E-state index contributed by atoms with van der Waals surface area (Å²) < 4.78 is 0. The van der Waals surface area contributed by atoms with Gasteiger partial charge in [0, 0.05) is 24.3 Å². The Bertz CT molecular complexity index is 249. The Morgan fingerprint density at radius 1 is 1.06 bits per heavy atom. The molecule has 1 heterocycles. The van der Waals surface area contributed by atoms with Crippen molar-refractivity contribution in [1.82, 2.24) is 4.90 Å². The highest BCUT2D eigenvalue weighted by Gasteiger charge is 2.29. The molecule has 3 heteroatoms. The molecule has 0 aromatic rings. The highest BCUT2D eigenvalue weighted by molar-refractivity contribution is 9.09. The van der Waals surface area contributed by atoms with Gasteiger partial charge in [0.15, 0.2) is 0 Å². The van der Waals surface area contributed by atoms with Gasteiger partial charge >= 0.3 is 0 Å². The van der Waals surface area contributed by atoms with Gasteiger partial charge in [-0.25, -0.2) is 0 Å². The van der Waals surface area contributed by atoms with Gasteiger partial charge in [-0.2, -0.15) is 0 Å². The third kappa shape index (κ3) is 3.70. The van der Waals surface area contributed by atoms with Crippen LogP contribution in [0.25, 0.3) is 0 Å². The lowest BCUT2D eigenvalue weighted by Gasteiger charge is -2.25. The lowest BCUT2D eigenvalue weighted by atomic mass is 9.96. The van der Waals surface area contributed by atoms with Gasteiger partial charge < -0.3 is 4.90 Å². The van der Waals surface area contributed by atoms with E-state index in [0.29, 0.717) is 17.9 Å². The lowest BCUT2D eigenvalue weighted by Crippen LogP contribution is -2.37. The molecule has 0 radical (unpaired) electrons. The summed E-state index contributed by atoms with van der Waals surface area (Å²) >= 11 is 3.53. The molecule has 0 bridgehead atoms. The molecule has 98 valence electrons. The van der Waals surface area contributed by atoms with Crippen LogP contribution in [-0.2, 0) is 4.79 Å². The number of rotatable bonds is 3. The largest absolute Gasteiger partial charge is 0.339 e. The van der Waals surface area contributed by atoms with E-state index in [4.69, 9.17) is 0 Å². The molecule has 17 heavy (non-hydrogen) atoms. The van der Waals surface area contributed by atoms with Crippen LogP contribution in [0.1, 0.15) is 57.8 Å². The van der Waals surface area contributed by atoms with Crippen molar-refractivity contribution in [1.29, 1.82) is 0 Å². The Balaban J connectivity index is 1.82. The maximum atomic E-state index is 12.3. The summed E-state index contributed by atoms with van der Waals surface area (Å²) in [5.41, 5.74) is 0. The molecule has 2 rings (SSSR count). The van der Waals surface area contributed by atoms with Gasteiger partial charge in [0.25, 0.3) is 0 Å². The summed E-state index contributed by atoms with van der Waals surface area (Å²) in [5, 5.41) is 0.948. The zero-order valence-corrected chi connectivity index (χ0v) is 12.3. The molecule has 1 aliphatic carbocycles. The van der Waals surface area contributed by atoms with Crippen molar-refractivity contribution in [3.63, 3.8) is 0 Å². The maximum absolute atomic E-state index is 12.3. The van der Waals surface area contributed by atoms with Crippen LogP contribution in [0.5, 0.6) is 0 Å². The summed E-state index contributed by atoms with van der Waals surface area (Å²) in [6, 6.07) is 0.466. The molecule has 0 aromatic heterocycles. The van der Waals surface area contributed by atoms with Crippen LogP contribution in [0, 0.1) is 5.92 Å². The minimum Gasteiger partial charge on any atom is -0.339 e. The first-order valence-corrected chi connectivity index (χ1v) is 8.29. The van der Waals surface area contributed by atoms with Crippen LogP contribution in [0.2, 0.25) is 0 Å². The fourth-order valence-electron chi connectivity index (χ4n) is 3.26. The average Bonchev–Trinajstić information content (AvgIpc) is 2.68. The zero-order valence-electron chi connectivity index (χ0n) is 10.7. The highest BCUT2D eigenvalue weighted by atomic mass is 79.9. The number of carbonyl (C=O) groups excluding carboxylic acids is 1. The Kier molecular flexibility index (Phi) is 5.33. The number of carbonyl (C=O) groups is 1. The van der Waals surface area contributed by atoms with E-state index >= 15 is 0 Å². The van der Waals surface area contributed by atoms with Gasteiger partial charge in [-0.1, -0.05) is 41.6 Å². The predicted molar refractivity (Wildman–Crippen MR) is 74.3 cm³/mol. The topological polar surface area (TPSA) is 20.3 Å². The van der Waals surface area contributed by atoms with E-state index < -0.39 is 0 Å². The maximum Gasteiger partial charge on any atom is 0.223 e. The number of alkyl halides is 1. The molecule has 1 saturated carbocycles. The normalized spacial score (nSPS) is 27.1. The van der Waals surface area contributed by atoms with Crippen LogP contribution in [0.15, 0.2) is 0 Å². The van der Waals surface area contributed by atoms with Gasteiger partial charge in [-0.15, -0.1) is 0 Å². The molecule has 0 aromatic carbocycles.